The Bertz CT molecular complexity index is 1230. The van der Waals surface area contributed by atoms with Gasteiger partial charge in [-0.3, -0.25) is 4.90 Å². The molecule has 0 aliphatic carbocycles. The van der Waals surface area contributed by atoms with Crippen molar-refractivity contribution in [2.75, 3.05) is 23.7 Å². The van der Waals surface area contributed by atoms with Crippen LogP contribution in [0, 0.1) is 5.82 Å². The van der Waals surface area contributed by atoms with Gasteiger partial charge in [0, 0.05) is 13.1 Å². The van der Waals surface area contributed by atoms with Gasteiger partial charge >= 0.3 is 6.09 Å². The zero-order valence-corrected chi connectivity index (χ0v) is 21.4. The van der Waals surface area contributed by atoms with Crippen LogP contribution in [0.3, 0.4) is 0 Å². The van der Waals surface area contributed by atoms with Gasteiger partial charge in [0.15, 0.2) is 11.0 Å². The summed E-state index contributed by atoms with van der Waals surface area (Å²) in [6.07, 6.45) is 3.18. The fourth-order valence-corrected chi connectivity index (χ4v) is 5.81. The maximum absolute atomic E-state index is 15.4. The highest BCUT2D eigenvalue weighted by atomic mass is 79.9. The molecule has 0 saturated carbocycles. The van der Waals surface area contributed by atoms with Crippen molar-refractivity contribution in [2.24, 2.45) is 0 Å². The lowest BCUT2D eigenvalue weighted by molar-refractivity contribution is 0.0123. The molecule has 3 aromatic heterocycles. The Morgan fingerprint density at radius 1 is 1.27 bits per heavy atom. The van der Waals surface area contributed by atoms with Crippen LogP contribution in [-0.2, 0) is 4.74 Å². The maximum atomic E-state index is 15.4. The molecule has 2 unspecified atom stereocenters. The quantitative estimate of drug-likeness (QED) is 0.268. The lowest BCUT2D eigenvalue weighted by atomic mass is 10.1. The van der Waals surface area contributed by atoms with Crippen molar-refractivity contribution in [2.45, 2.75) is 63.4 Å². The molecule has 33 heavy (non-hydrogen) atoms. The maximum Gasteiger partial charge on any atom is 0.410 e. The Balaban J connectivity index is 1.59. The van der Waals surface area contributed by atoms with E-state index in [4.69, 9.17) is 9.72 Å². The number of thioether (sulfide) groups is 1. The number of nitrogens with zero attached hydrogens (tertiary/aromatic N) is 6. The summed E-state index contributed by atoms with van der Waals surface area (Å²) in [5, 5.41) is 5.44. The molecule has 0 radical (unpaired) electrons. The molecule has 2 aliphatic rings. The standard InChI is InChI=1S/C22H26BrFN6O2S/c1-5-33-20-26-17-15(14-8-9-25-30(14)18(23)16(17)24)19(27-20)28-10-12-6-7-13(11-28)29(12)21(31)32-22(2,3)4/h8-9,12-13H,5-7,10-11H2,1-4H3. The summed E-state index contributed by atoms with van der Waals surface area (Å²) in [6.45, 7) is 8.88. The predicted molar refractivity (Wildman–Crippen MR) is 129 cm³/mol. The van der Waals surface area contributed by atoms with Gasteiger partial charge in [-0.15, -0.1) is 0 Å². The number of aromatic nitrogens is 4. The van der Waals surface area contributed by atoms with Gasteiger partial charge < -0.3 is 9.64 Å². The molecular weight excluding hydrogens is 511 g/mol. The molecule has 2 bridgehead atoms. The van der Waals surface area contributed by atoms with Gasteiger partial charge in [-0.25, -0.2) is 23.7 Å². The van der Waals surface area contributed by atoms with E-state index in [1.165, 1.54) is 16.3 Å². The Hall–Kier alpha value is -2.14. The van der Waals surface area contributed by atoms with Crippen molar-refractivity contribution in [3.8, 4) is 0 Å². The third-order valence-corrected chi connectivity index (χ3v) is 7.42. The summed E-state index contributed by atoms with van der Waals surface area (Å²) in [4.78, 5) is 26.3. The highest BCUT2D eigenvalue weighted by molar-refractivity contribution is 9.10. The molecule has 0 spiro atoms. The average Bonchev–Trinajstić information content (AvgIpc) is 3.33. The van der Waals surface area contributed by atoms with Crippen LogP contribution >= 0.6 is 27.7 Å². The summed E-state index contributed by atoms with van der Waals surface area (Å²) in [5.74, 6) is 1.01. The molecule has 2 saturated heterocycles. The van der Waals surface area contributed by atoms with E-state index < -0.39 is 11.4 Å². The van der Waals surface area contributed by atoms with E-state index in [0.29, 0.717) is 29.5 Å². The van der Waals surface area contributed by atoms with Crippen LogP contribution in [0.1, 0.15) is 40.5 Å². The molecule has 1 amide bonds. The van der Waals surface area contributed by atoms with E-state index in [-0.39, 0.29) is 28.3 Å². The first-order valence-corrected chi connectivity index (χ1v) is 12.9. The Morgan fingerprint density at radius 2 is 1.97 bits per heavy atom. The second-order valence-corrected chi connectivity index (χ2v) is 11.4. The predicted octanol–water partition coefficient (Wildman–Crippen LogP) is 4.88. The summed E-state index contributed by atoms with van der Waals surface area (Å²) in [6, 6.07) is 1.89. The van der Waals surface area contributed by atoms with Crippen molar-refractivity contribution in [1.29, 1.82) is 0 Å². The van der Waals surface area contributed by atoms with Crippen molar-refractivity contribution in [3.63, 3.8) is 0 Å². The molecule has 2 aliphatic heterocycles. The van der Waals surface area contributed by atoms with Crippen LogP contribution in [0.2, 0.25) is 0 Å². The zero-order chi connectivity index (χ0) is 23.5. The third-order valence-electron chi connectivity index (χ3n) is 6.00. The molecular formula is C22H26BrFN6O2S. The number of pyridine rings is 1. The zero-order valence-electron chi connectivity index (χ0n) is 19.0. The van der Waals surface area contributed by atoms with Crippen LogP contribution in [0.15, 0.2) is 22.0 Å². The largest absolute Gasteiger partial charge is 0.444 e. The van der Waals surface area contributed by atoms with Crippen LogP contribution < -0.4 is 4.90 Å². The van der Waals surface area contributed by atoms with Gasteiger partial charge in [0.1, 0.15) is 21.5 Å². The smallest absolute Gasteiger partial charge is 0.410 e. The number of rotatable bonds is 3. The van der Waals surface area contributed by atoms with Crippen LogP contribution in [-0.4, -0.2) is 67.1 Å². The number of carbonyl (C=O) groups excluding carboxylic acids is 1. The van der Waals surface area contributed by atoms with Gasteiger partial charge in [-0.2, -0.15) is 5.10 Å². The van der Waals surface area contributed by atoms with E-state index in [0.717, 1.165) is 24.1 Å². The second kappa shape index (κ2) is 8.26. The van der Waals surface area contributed by atoms with E-state index >= 15 is 4.39 Å². The summed E-state index contributed by atoms with van der Waals surface area (Å²) < 4.78 is 22.8. The molecule has 0 aromatic carbocycles. The Morgan fingerprint density at radius 3 is 2.61 bits per heavy atom. The van der Waals surface area contributed by atoms with Crippen molar-refractivity contribution < 1.29 is 13.9 Å². The lowest BCUT2D eigenvalue weighted by Gasteiger charge is -2.42. The monoisotopic (exact) mass is 536 g/mol. The van der Waals surface area contributed by atoms with Crippen molar-refractivity contribution >= 4 is 56.0 Å². The van der Waals surface area contributed by atoms with Gasteiger partial charge in [0.05, 0.1) is 29.2 Å². The minimum atomic E-state index is -0.540. The van der Waals surface area contributed by atoms with Gasteiger partial charge in [-0.05, 0) is 61.4 Å². The summed E-state index contributed by atoms with van der Waals surface area (Å²) in [5.41, 5.74) is 0.474. The lowest BCUT2D eigenvalue weighted by Crippen LogP contribution is -2.57. The molecule has 5 rings (SSSR count). The number of piperazine rings is 1. The molecule has 5 heterocycles. The molecule has 11 heteroatoms. The van der Waals surface area contributed by atoms with Crippen LogP contribution in [0.25, 0.3) is 16.4 Å². The number of halogens is 2. The highest BCUT2D eigenvalue weighted by Crippen LogP contribution is 2.39. The van der Waals surface area contributed by atoms with E-state index in [9.17, 15) is 4.79 Å². The number of anilines is 1. The topological polar surface area (TPSA) is 75.9 Å². The van der Waals surface area contributed by atoms with Crippen molar-refractivity contribution in [1.82, 2.24) is 24.5 Å². The van der Waals surface area contributed by atoms with E-state index in [2.05, 4.69) is 30.9 Å². The fraction of sp³-hybridized carbons (Fsp3) is 0.545. The van der Waals surface area contributed by atoms with Crippen LogP contribution in [0.5, 0.6) is 0 Å². The summed E-state index contributed by atoms with van der Waals surface area (Å²) in [7, 11) is 0. The van der Waals surface area contributed by atoms with E-state index in [1.54, 1.807) is 6.20 Å². The SMILES string of the molecule is CCSc1nc(N2CC3CCC(C2)N3C(=O)OC(C)(C)C)c2c(n1)c(F)c(Br)n1nccc21. The minimum Gasteiger partial charge on any atom is -0.444 e. The Kier molecular flexibility index (Phi) is 5.67. The number of amides is 1. The van der Waals surface area contributed by atoms with Gasteiger partial charge in [-0.1, -0.05) is 18.7 Å². The molecule has 2 fully saturated rings. The van der Waals surface area contributed by atoms with Crippen molar-refractivity contribution in [3.05, 3.63) is 22.7 Å². The highest BCUT2D eigenvalue weighted by Gasteiger charge is 2.45. The van der Waals surface area contributed by atoms with Crippen LogP contribution in [0.4, 0.5) is 15.0 Å². The first-order valence-electron chi connectivity index (χ1n) is 11.1. The normalized spacial score (nSPS) is 20.8. The minimum absolute atomic E-state index is 0.0205. The number of fused-ring (bicyclic) bond motifs is 5. The molecule has 8 nitrogen and oxygen atoms in total. The van der Waals surface area contributed by atoms with Gasteiger partial charge in [0.25, 0.3) is 0 Å². The fourth-order valence-electron chi connectivity index (χ4n) is 4.77. The molecule has 3 aromatic rings. The molecule has 0 N–H and O–H groups in total. The third kappa shape index (κ3) is 3.92. The molecule has 176 valence electrons. The second-order valence-electron chi connectivity index (χ2n) is 9.40. The average molecular weight is 537 g/mol. The van der Waals surface area contributed by atoms with E-state index in [1.807, 2.05) is 38.7 Å². The summed E-state index contributed by atoms with van der Waals surface area (Å²) >= 11 is 4.81. The van der Waals surface area contributed by atoms with Gasteiger partial charge in [0.2, 0.25) is 0 Å². The first-order chi connectivity index (χ1) is 15.7. The Labute approximate surface area is 204 Å². The first kappa shape index (κ1) is 22.6. The number of hydrogen-bond donors (Lipinski definition) is 0. The number of ether oxygens (including phenoxy) is 1. The molecule has 2 atom stereocenters. The number of hydrogen-bond acceptors (Lipinski definition) is 7. The number of carbonyl (C=O) groups is 1.